The number of allylic oxidation sites excluding steroid dienone is 2. The molecule has 0 radical (unpaired) electrons. The van der Waals surface area contributed by atoms with Crippen molar-refractivity contribution in [2.24, 2.45) is 5.92 Å². The Morgan fingerprint density at radius 2 is 1.98 bits per heavy atom. The minimum absolute atomic E-state index is 0.182. The van der Waals surface area contributed by atoms with Gasteiger partial charge in [-0.25, -0.2) is 15.0 Å². The van der Waals surface area contributed by atoms with Gasteiger partial charge in [0.1, 0.15) is 0 Å². The molecule has 5 rings (SSSR count). The second-order valence-corrected chi connectivity index (χ2v) is 10.7. The molecule has 4 heterocycles. The quantitative estimate of drug-likeness (QED) is 0.311. The minimum atomic E-state index is -0.182. The van der Waals surface area contributed by atoms with Gasteiger partial charge in [0.05, 0.1) is 42.3 Å². The molecule has 9 heteroatoms. The number of nitrogens with zero attached hydrogens (tertiary/aromatic N) is 7. The van der Waals surface area contributed by atoms with Crippen LogP contribution in [0.5, 0.6) is 5.75 Å². The Bertz CT molecular complexity index is 1770. The van der Waals surface area contributed by atoms with E-state index in [1.54, 1.807) is 46.6 Å². The van der Waals surface area contributed by atoms with E-state index < -0.39 is 0 Å². The van der Waals surface area contributed by atoms with Gasteiger partial charge in [0.25, 0.3) is 5.56 Å². The van der Waals surface area contributed by atoms with Gasteiger partial charge in [0.2, 0.25) is 5.78 Å². The van der Waals surface area contributed by atoms with E-state index >= 15 is 0 Å². The van der Waals surface area contributed by atoms with Crippen LogP contribution in [0.15, 0.2) is 65.4 Å². The van der Waals surface area contributed by atoms with Crippen LogP contribution in [0.1, 0.15) is 39.2 Å². The standard InChI is InChI=1S/C32H35N7O2/c1-5-24(17-33)16-29-23(4)36-32-38(29)14-11-30(40)39(32)20-26-7-6-8-27(15-26)31-34-18-28(19-35-31)41-21-25-9-12-37(13-10-25)22(2)3/h5-8,11,14-16,18-19,22,25H,4,9-10,12-13,20-21H2,1-3H3/b24-5+,29-16+. The number of rotatable bonds is 8. The summed E-state index contributed by atoms with van der Waals surface area (Å²) in [5.41, 5.74) is 2.06. The average Bonchev–Trinajstić information content (AvgIpc) is 3.31. The summed E-state index contributed by atoms with van der Waals surface area (Å²) < 4.78 is 9.39. The number of fused-ring (bicyclic) bond motifs is 1. The summed E-state index contributed by atoms with van der Waals surface area (Å²) in [5, 5.41) is 10.5. The third-order valence-electron chi connectivity index (χ3n) is 7.63. The zero-order chi connectivity index (χ0) is 28.9. The lowest BCUT2D eigenvalue weighted by Crippen LogP contribution is -2.39. The van der Waals surface area contributed by atoms with Gasteiger partial charge in [-0.3, -0.25) is 13.8 Å². The van der Waals surface area contributed by atoms with Crippen LogP contribution in [0.25, 0.3) is 29.8 Å². The van der Waals surface area contributed by atoms with Crippen LogP contribution in [0.4, 0.5) is 0 Å². The van der Waals surface area contributed by atoms with Gasteiger partial charge in [-0.15, -0.1) is 0 Å². The number of hydrogen-bond donors (Lipinski definition) is 0. The maximum atomic E-state index is 12.9. The molecule has 0 unspecified atom stereocenters. The Hall–Kier alpha value is -4.55. The molecule has 1 fully saturated rings. The van der Waals surface area contributed by atoms with Gasteiger partial charge < -0.3 is 9.64 Å². The highest BCUT2D eigenvalue weighted by molar-refractivity contribution is 5.57. The molecule has 0 bridgehead atoms. The molecular formula is C32H35N7O2. The van der Waals surface area contributed by atoms with Crippen LogP contribution in [0, 0.1) is 17.2 Å². The van der Waals surface area contributed by atoms with Gasteiger partial charge in [0, 0.05) is 29.4 Å². The molecule has 1 aliphatic rings. The smallest absolute Gasteiger partial charge is 0.255 e. The number of likely N-dealkylation sites (tertiary alicyclic amines) is 1. The molecule has 1 aromatic carbocycles. The van der Waals surface area contributed by atoms with Crippen molar-refractivity contribution in [3.8, 4) is 23.2 Å². The van der Waals surface area contributed by atoms with Gasteiger partial charge in [-0.1, -0.05) is 30.9 Å². The van der Waals surface area contributed by atoms with Crippen molar-refractivity contribution in [3.63, 3.8) is 0 Å². The molecule has 0 atom stereocenters. The van der Waals surface area contributed by atoms with Crippen molar-refractivity contribution in [2.75, 3.05) is 19.7 Å². The summed E-state index contributed by atoms with van der Waals surface area (Å²) in [6, 6.07) is 12.0. The molecule has 0 aliphatic carbocycles. The first-order valence-electron chi connectivity index (χ1n) is 14.0. The van der Waals surface area contributed by atoms with Gasteiger partial charge >= 0.3 is 0 Å². The summed E-state index contributed by atoms with van der Waals surface area (Å²) >= 11 is 0. The predicted molar refractivity (Wildman–Crippen MR) is 160 cm³/mol. The van der Waals surface area contributed by atoms with Gasteiger partial charge in [-0.2, -0.15) is 5.26 Å². The molecule has 4 aromatic rings. The maximum Gasteiger partial charge on any atom is 0.255 e. The lowest BCUT2D eigenvalue weighted by atomic mass is 9.97. The Morgan fingerprint density at radius 3 is 2.66 bits per heavy atom. The largest absolute Gasteiger partial charge is 0.490 e. The first-order chi connectivity index (χ1) is 19.9. The summed E-state index contributed by atoms with van der Waals surface area (Å²) in [7, 11) is 0. The zero-order valence-electron chi connectivity index (χ0n) is 23.8. The number of aromatic nitrogens is 5. The fourth-order valence-electron chi connectivity index (χ4n) is 5.15. The SMILES string of the molecule is C=c1nc2n(Cc3cccc(-c4ncc(OCC5CCN(C(C)C)CC5)cn4)c3)c(=O)ccn2/c1=C/C(C#N)=C\C. The second kappa shape index (κ2) is 12.3. The van der Waals surface area contributed by atoms with E-state index in [9.17, 15) is 10.1 Å². The maximum absolute atomic E-state index is 12.9. The molecule has 1 saturated heterocycles. The molecule has 3 aromatic heterocycles. The van der Waals surface area contributed by atoms with Crippen LogP contribution < -0.4 is 21.0 Å². The fraction of sp³-hybridized carbons (Fsp3) is 0.344. The molecule has 0 N–H and O–H groups in total. The molecule has 1 aliphatic heterocycles. The molecule has 9 nitrogen and oxygen atoms in total. The molecule has 41 heavy (non-hydrogen) atoms. The van der Waals surface area contributed by atoms with Crippen molar-refractivity contribution < 1.29 is 4.74 Å². The fourth-order valence-corrected chi connectivity index (χ4v) is 5.15. The molecule has 0 saturated carbocycles. The van der Waals surface area contributed by atoms with Crippen molar-refractivity contribution in [1.82, 2.24) is 28.8 Å². The normalized spacial score (nSPS) is 15.5. The van der Waals surface area contributed by atoms with E-state index in [0.717, 1.165) is 37.1 Å². The van der Waals surface area contributed by atoms with Crippen LogP contribution in [0.3, 0.4) is 0 Å². The number of nitriles is 1. The van der Waals surface area contributed by atoms with Crippen LogP contribution in [-0.4, -0.2) is 54.6 Å². The van der Waals surface area contributed by atoms with Crippen LogP contribution in [0.2, 0.25) is 0 Å². The van der Waals surface area contributed by atoms with Crippen molar-refractivity contribution in [2.45, 2.75) is 46.2 Å². The highest BCUT2D eigenvalue weighted by Gasteiger charge is 2.21. The second-order valence-electron chi connectivity index (χ2n) is 10.7. The predicted octanol–water partition coefficient (Wildman–Crippen LogP) is 3.16. The first-order valence-corrected chi connectivity index (χ1v) is 14.0. The van der Waals surface area contributed by atoms with Crippen molar-refractivity contribution >= 4 is 18.4 Å². The number of benzene rings is 1. The van der Waals surface area contributed by atoms with E-state index in [4.69, 9.17) is 4.74 Å². The van der Waals surface area contributed by atoms with E-state index in [-0.39, 0.29) is 5.56 Å². The Labute approximate surface area is 239 Å². The number of hydrogen-bond acceptors (Lipinski definition) is 7. The lowest BCUT2D eigenvalue weighted by molar-refractivity contribution is 0.119. The summed E-state index contributed by atoms with van der Waals surface area (Å²) in [5.74, 6) is 2.26. The van der Waals surface area contributed by atoms with Gasteiger partial charge in [-0.05, 0) is 70.3 Å². The third kappa shape index (κ3) is 6.28. The average molecular weight is 550 g/mol. The highest BCUT2D eigenvalue weighted by atomic mass is 16.5. The highest BCUT2D eigenvalue weighted by Crippen LogP contribution is 2.22. The summed E-state index contributed by atoms with van der Waals surface area (Å²) in [6.45, 7) is 13.5. The topological polar surface area (TPSA) is 101 Å². The summed E-state index contributed by atoms with van der Waals surface area (Å²) in [6.07, 6.45) is 10.8. The van der Waals surface area contributed by atoms with Crippen LogP contribution >= 0.6 is 0 Å². The van der Waals surface area contributed by atoms with E-state index in [1.807, 2.05) is 24.3 Å². The van der Waals surface area contributed by atoms with Gasteiger partial charge in [0.15, 0.2) is 11.6 Å². The minimum Gasteiger partial charge on any atom is -0.490 e. The number of piperidine rings is 1. The monoisotopic (exact) mass is 549 g/mol. The zero-order valence-corrected chi connectivity index (χ0v) is 23.8. The Morgan fingerprint density at radius 1 is 1.22 bits per heavy atom. The van der Waals surface area contributed by atoms with E-state index in [1.165, 1.54) is 6.07 Å². The molecule has 210 valence electrons. The third-order valence-corrected chi connectivity index (χ3v) is 7.63. The van der Waals surface area contributed by atoms with Crippen molar-refractivity contribution in [3.05, 3.63) is 87.2 Å². The Balaban J connectivity index is 1.32. The number of imidazole rings is 1. The molecular weight excluding hydrogens is 514 g/mol. The first kappa shape index (κ1) is 28.0. The molecule has 0 amide bonds. The van der Waals surface area contributed by atoms with Crippen molar-refractivity contribution in [1.29, 1.82) is 5.26 Å². The number of ether oxygens (including phenoxy) is 1. The van der Waals surface area contributed by atoms with Crippen LogP contribution in [-0.2, 0) is 6.54 Å². The van der Waals surface area contributed by atoms with E-state index in [2.05, 4.69) is 46.3 Å². The molecule has 0 spiro atoms. The lowest BCUT2D eigenvalue weighted by Gasteiger charge is -2.34. The summed E-state index contributed by atoms with van der Waals surface area (Å²) in [4.78, 5) is 29.0. The Kier molecular flexibility index (Phi) is 8.41. The van der Waals surface area contributed by atoms with E-state index in [0.29, 0.717) is 58.7 Å².